The lowest BCUT2D eigenvalue weighted by Crippen LogP contribution is -2.30. The summed E-state index contributed by atoms with van der Waals surface area (Å²) in [4.78, 5) is 38.3. The molecule has 0 saturated heterocycles. The van der Waals surface area contributed by atoms with Crippen molar-refractivity contribution in [2.75, 3.05) is 13.2 Å². The molecule has 0 aliphatic rings. The molecule has 6 nitrogen and oxygen atoms in total. The van der Waals surface area contributed by atoms with Gasteiger partial charge in [0, 0.05) is 12.8 Å². The molecule has 0 radical (unpaired) electrons. The highest BCUT2D eigenvalue weighted by Crippen LogP contribution is 2.16. The minimum absolute atomic E-state index is 0.118. The van der Waals surface area contributed by atoms with E-state index in [-0.39, 0.29) is 38.0 Å². The molecule has 0 fully saturated rings. The van der Waals surface area contributed by atoms with Crippen LogP contribution in [0.5, 0.6) is 0 Å². The molecule has 0 aromatic carbocycles. The fraction of sp³-hybridized carbons (Fsp3) is 0.623. The van der Waals surface area contributed by atoms with E-state index in [1.54, 1.807) is 6.08 Å². The second-order valence-corrected chi connectivity index (χ2v) is 22.0. The predicted molar refractivity (Wildman–Crippen MR) is 362 cm³/mol. The summed E-state index contributed by atoms with van der Waals surface area (Å²) in [5, 5.41) is 0. The van der Waals surface area contributed by atoms with Gasteiger partial charge in [0.25, 0.3) is 0 Å². The molecule has 0 bridgehead atoms. The number of carbonyl (C=O) groups excluding carboxylic acids is 3. The van der Waals surface area contributed by atoms with E-state index in [1.807, 2.05) is 6.08 Å². The van der Waals surface area contributed by atoms with Crippen LogP contribution in [-0.2, 0) is 28.6 Å². The Morgan fingerprint density at radius 1 is 0.265 bits per heavy atom. The van der Waals surface area contributed by atoms with E-state index < -0.39 is 12.1 Å². The summed E-state index contributed by atoms with van der Waals surface area (Å²) in [7, 11) is 0. The highest BCUT2D eigenvalue weighted by atomic mass is 16.6. The maximum Gasteiger partial charge on any atom is 0.309 e. The third-order valence-corrected chi connectivity index (χ3v) is 14.0. The molecule has 0 aromatic heterocycles. The molecule has 0 N–H and O–H groups in total. The van der Waals surface area contributed by atoms with Gasteiger partial charge in [0.1, 0.15) is 13.2 Å². The van der Waals surface area contributed by atoms with Crippen molar-refractivity contribution in [3.63, 3.8) is 0 Å². The Balaban J connectivity index is 4.41. The van der Waals surface area contributed by atoms with Gasteiger partial charge in [-0.25, -0.2) is 0 Å². The van der Waals surface area contributed by atoms with Crippen molar-refractivity contribution in [3.8, 4) is 0 Å². The van der Waals surface area contributed by atoms with Crippen LogP contribution in [0.3, 0.4) is 0 Å². The van der Waals surface area contributed by atoms with E-state index in [0.717, 1.165) is 128 Å². The monoisotopic (exact) mass is 1140 g/mol. The lowest BCUT2D eigenvalue weighted by molar-refractivity contribution is -0.166. The zero-order chi connectivity index (χ0) is 59.9. The lowest BCUT2D eigenvalue weighted by Gasteiger charge is -2.18. The Bertz CT molecular complexity index is 1840. The van der Waals surface area contributed by atoms with Gasteiger partial charge < -0.3 is 14.2 Å². The molecule has 1 unspecified atom stereocenters. The third-order valence-electron chi connectivity index (χ3n) is 14.0. The van der Waals surface area contributed by atoms with Crippen molar-refractivity contribution in [3.05, 3.63) is 158 Å². The van der Waals surface area contributed by atoms with Crippen LogP contribution in [0, 0.1) is 0 Å². The third kappa shape index (κ3) is 67.7. The van der Waals surface area contributed by atoms with E-state index in [1.165, 1.54) is 122 Å². The highest BCUT2D eigenvalue weighted by Gasteiger charge is 2.19. The quantitative estimate of drug-likeness (QED) is 0.0261. The Morgan fingerprint density at radius 3 is 0.843 bits per heavy atom. The van der Waals surface area contributed by atoms with Crippen LogP contribution < -0.4 is 0 Å². The predicted octanol–water partition coefficient (Wildman–Crippen LogP) is 23.7. The van der Waals surface area contributed by atoms with E-state index >= 15 is 0 Å². The molecule has 6 heteroatoms. The van der Waals surface area contributed by atoms with Gasteiger partial charge in [0.15, 0.2) is 6.10 Å². The van der Waals surface area contributed by atoms with E-state index in [9.17, 15) is 14.4 Å². The first-order chi connectivity index (χ1) is 41.0. The molecule has 83 heavy (non-hydrogen) atoms. The summed E-state index contributed by atoms with van der Waals surface area (Å²) in [6, 6.07) is 0. The molecule has 0 aromatic rings. The molecule has 0 aliphatic heterocycles. The van der Waals surface area contributed by atoms with Crippen molar-refractivity contribution in [1.29, 1.82) is 0 Å². The SMILES string of the molecule is CC/C=C\C/C=C\C/C=C\C/C=C\C/C=C\CCCCCCCCCCCCCCCC(=O)OCC(COC(=O)C/C=C\C/C=C\C/C=C\C/C=C\C/C=C\CC)OC(=O)CCCCCCCC/C=C\C/C=C\C/C=C\CCCCCCC. The summed E-state index contributed by atoms with van der Waals surface area (Å²) in [5.74, 6) is -1.07. The van der Waals surface area contributed by atoms with Gasteiger partial charge in [-0.2, -0.15) is 0 Å². The molecule has 0 rings (SSSR count). The molecule has 0 saturated carbocycles. The average Bonchev–Trinajstić information content (AvgIpc) is 3.49. The van der Waals surface area contributed by atoms with Gasteiger partial charge in [-0.1, -0.05) is 301 Å². The first-order valence-corrected chi connectivity index (χ1v) is 34.0. The molecular formula is C77H124O6. The topological polar surface area (TPSA) is 78.9 Å². The number of rotatable bonds is 60. The van der Waals surface area contributed by atoms with Gasteiger partial charge in [0.05, 0.1) is 6.42 Å². The van der Waals surface area contributed by atoms with E-state index in [4.69, 9.17) is 14.2 Å². The van der Waals surface area contributed by atoms with Crippen molar-refractivity contribution < 1.29 is 28.6 Å². The van der Waals surface area contributed by atoms with Crippen LogP contribution in [0.2, 0.25) is 0 Å². The van der Waals surface area contributed by atoms with Crippen LogP contribution in [0.25, 0.3) is 0 Å². The van der Waals surface area contributed by atoms with Crippen molar-refractivity contribution in [1.82, 2.24) is 0 Å². The second-order valence-electron chi connectivity index (χ2n) is 22.0. The van der Waals surface area contributed by atoms with Crippen molar-refractivity contribution >= 4 is 17.9 Å². The van der Waals surface area contributed by atoms with Crippen LogP contribution in [0.1, 0.15) is 290 Å². The van der Waals surface area contributed by atoms with E-state index in [2.05, 4.69) is 167 Å². The lowest BCUT2D eigenvalue weighted by atomic mass is 10.0. The van der Waals surface area contributed by atoms with Gasteiger partial charge in [0.2, 0.25) is 0 Å². The first-order valence-electron chi connectivity index (χ1n) is 34.0. The minimum Gasteiger partial charge on any atom is -0.462 e. The summed E-state index contributed by atoms with van der Waals surface area (Å²) in [6.45, 7) is 6.31. The minimum atomic E-state index is -0.834. The fourth-order valence-electron chi connectivity index (χ4n) is 9.02. The molecule has 1 atom stereocenters. The number of allylic oxidation sites excluding steroid dienone is 25. The summed E-state index contributed by atoms with van der Waals surface area (Å²) in [6.07, 6.45) is 101. The number of carbonyl (C=O) groups is 3. The molecule has 0 spiro atoms. The molecular weight excluding hydrogens is 1020 g/mol. The number of ether oxygens (including phenoxy) is 3. The Labute approximate surface area is 511 Å². The molecule has 468 valence electrons. The Hall–Kier alpha value is -4.97. The summed E-state index contributed by atoms with van der Waals surface area (Å²) >= 11 is 0. The van der Waals surface area contributed by atoms with Crippen LogP contribution in [-0.4, -0.2) is 37.2 Å². The maximum absolute atomic E-state index is 12.9. The first kappa shape index (κ1) is 78.0. The molecule has 0 heterocycles. The Morgan fingerprint density at radius 2 is 0.518 bits per heavy atom. The largest absolute Gasteiger partial charge is 0.462 e. The van der Waals surface area contributed by atoms with Crippen LogP contribution in [0.15, 0.2) is 158 Å². The van der Waals surface area contributed by atoms with Crippen LogP contribution >= 0.6 is 0 Å². The highest BCUT2D eigenvalue weighted by molar-refractivity contribution is 5.72. The zero-order valence-electron chi connectivity index (χ0n) is 53.7. The van der Waals surface area contributed by atoms with Crippen LogP contribution in [0.4, 0.5) is 0 Å². The van der Waals surface area contributed by atoms with Crippen molar-refractivity contribution in [2.24, 2.45) is 0 Å². The number of unbranched alkanes of at least 4 members (excludes halogenated alkanes) is 24. The van der Waals surface area contributed by atoms with Gasteiger partial charge in [-0.3, -0.25) is 14.4 Å². The van der Waals surface area contributed by atoms with Gasteiger partial charge >= 0.3 is 17.9 Å². The molecule has 0 aliphatic carbocycles. The number of hydrogen-bond acceptors (Lipinski definition) is 6. The Kier molecular flexibility index (Phi) is 65.4. The normalized spacial score (nSPS) is 13.1. The second kappa shape index (κ2) is 69.5. The smallest absolute Gasteiger partial charge is 0.309 e. The molecule has 0 amide bonds. The van der Waals surface area contributed by atoms with Gasteiger partial charge in [-0.15, -0.1) is 0 Å². The van der Waals surface area contributed by atoms with Crippen molar-refractivity contribution in [2.45, 2.75) is 297 Å². The van der Waals surface area contributed by atoms with E-state index in [0.29, 0.717) is 6.42 Å². The summed E-state index contributed by atoms with van der Waals surface area (Å²) < 4.78 is 16.8. The zero-order valence-corrected chi connectivity index (χ0v) is 53.7. The summed E-state index contributed by atoms with van der Waals surface area (Å²) in [5.41, 5.74) is 0. The number of hydrogen-bond donors (Lipinski definition) is 0. The maximum atomic E-state index is 12.9. The standard InChI is InChI=1S/C77H124O6/c1-4-7-10-13-16-19-22-25-28-30-32-34-35-36-37-38-39-40-41-43-44-46-49-52-55-58-61-64-67-70-76(79)82-73-74(72-81-75(78)69-66-63-60-57-54-51-48-27-24-21-18-15-12-9-6-3)83-77(80)71-68-65-62-59-56-53-50-47-45-42-33-31-29-26-23-20-17-14-11-8-5-2/h7,9-10,12,16,18-19,21,23,25-28,31-34,36-37,45,47-48,54,57,63,66,74H,4-6,8,11,13-15,17,20,22,24,29-30,35,38-44,46,49-53,55-56,58-62,64-65,67-73H2,1-3H3/b10-7-,12-9-,19-16-,21-18-,26-23-,28-25-,33-31-,34-32-,37-36-,47-45-,48-27-,57-54-,66-63-. The van der Waals surface area contributed by atoms with Gasteiger partial charge in [-0.05, 0) is 128 Å². The number of esters is 3. The average molecular weight is 1150 g/mol. The fourth-order valence-corrected chi connectivity index (χ4v) is 9.02.